The van der Waals surface area contributed by atoms with Crippen LogP contribution in [0.4, 0.5) is 11.5 Å². The van der Waals surface area contributed by atoms with Crippen LogP contribution in [0, 0.1) is 6.92 Å². The maximum atomic E-state index is 14.5. The zero-order chi connectivity index (χ0) is 25.5. The van der Waals surface area contributed by atoms with Gasteiger partial charge in [-0.25, -0.2) is 9.88 Å². The monoisotopic (exact) mass is 490 g/mol. The van der Waals surface area contributed by atoms with Crippen molar-refractivity contribution in [2.75, 3.05) is 22.9 Å². The maximum absolute atomic E-state index is 14.5. The summed E-state index contributed by atoms with van der Waals surface area (Å²) in [7, 11) is 0. The van der Waals surface area contributed by atoms with Gasteiger partial charge in [-0.2, -0.15) is 0 Å². The molecular formula is C30H26N4O3. The van der Waals surface area contributed by atoms with Gasteiger partial charge >= 0.3 is 0 Å². The molecule has 1 saturated heterocycles. The molecular weight excluding hydrogens is 464 g/mol. The summed E-state index contributed by atoms with van der Waals surface area (Å²) < 4.78 is 1.51. The van der Waals surface area contributed by atoms with Gasteiger partial charge in [-0.1, -0.05) is 60.2 Å². The Balaban J connectivity index is 1.66. The lowest BCUT2D eigenvalue weighted by molar-refractivity contribution is 0.0925. The third-order valence-corrected chi connectivity index (χ3v) is 7.04. The first kappa shape index (κ1) is 22.9. The summed E-state index contributed by atoms with van der Waals surface area (Å²) in [4.78, 5) is 49.7. The van der Waals surface area contributed by atoms with E-state index in [1.807, 2.05) is 66.4 Å². The SMILES string of the molecule is Cc1ccc(-n2c(-c3ccccc3)nc(N3CCCCC3)c(N3C(=O)c4ccccc4C3=O)c2=O)cc1. The molecule has 0 unspecified atom stereocenters. The van der Waals surface area contributed by atoms with Crippen molar-refractivity contribution in [2.45, 2.75) is 26.2 Å². The molecule has 0 spiro atoms. The van der Waals surface area contributed by atoms with E-state index in [0.29, 0.717) is 41.5 Å². The molecule has 2 amide bonds. The van der Waals surface area contributed by atoms with Gasteiger partial charge in [-0.05, 0) is 50.5 Å². The minimum Gasteiger partial charge on any atom is -0.355 e. The average Bonchev–Trinajstić information content (AvgIpc) is 3.19. The Bertz CT molecular complexity index is 1530. The van der Waals surface area contributed by atoms with Crippen LogP contribution in [0.15, 0.2) is 83.7 Å². The van der Waals surface area contributed by atoms with E-state index in [-0.39, 0.29) is 5.69 Å². The molecule has 3 aromatic carbocycles. The molecule has 2 aliphatic rings. The second-order valence-electron chi connectivity index (χ2n) is 9.49. The third-order valence-electron chi connectivity index (χ3n) is 7.04. The molecule has 0 radical (unpaired) electrons. The molecule has 37 heavy (non-hydrogen) atoms. The van der Waals surface area contributed by atoms with E-state index in [1.165, 1.54) is 4.57 Å². The summed E-state index contributed by atoms with van der Waals surface area (Å²) >= 11 is 0. The first-order valence-corrected chi connectivity index (χ1v) is 12.6. The van der Waals surface area contributed by atoms with Crippen molar-refractivity contribution in [3.8, 4) is 17.1 Å². The van der Waals surface area contributed by atoms with E-state index in [0.717, 1.165) is 35.3 Å². The fourth-order valence-corrected chi connectivity index (χ4v) is 5.13. The number of piperidine rings is 1. The van der Waals surface area contributed by atoms with Gasteiger partial charge in [0.2, 0.25) is 0 Å². The smallest absolute Gasteiger partial charge is 0.285 e. The van der Waals surface area contributed by atoms with Crippen LogP contribution in [0.2, 0.25) is 0 Å². The lowest BCUT2D eigenvalue weighted by Gasteiger charge is -2.31. The van der Waals surface area contributed by atoms with Gasteiger partial charge in [0.05, 0.1) is 16.8 Å². The second kappa shape index (κ2) is 9.17. The number of fused-ring (bicyclic) bond motifs is 1. The summed E-state index contributed by atoms with van der Waals surface area (Å²) in [6.45, 7) is 3.38. The van der Waals surface area contributed by atoms with Gasteiger partial charge in [-0.3, -0.25) is 19.0 Å². The Labute approximate surface area is 214 Å². The molecule has 0 atom stereocenters. The van der Waals surface area contributed by atoms with Crippen molar-refractivity contribution in [1.29, 1.82) is 0 Å². The number of hydrogen-bond donors (Lipinski definition) is 0. The first-order chi connectivity index (χ1) is 18.0. The standard InChI is InChI=1S/C30H26N4O3/c1-20-14-16-22(17-15-20)33-26(21-10-4-2-5-11-21)31-27(32-18-8-3-9-19-32)25(30(33)37)34-28(35)23-12-6-7-13-24(23)29(34)36/h2,4-7,10-17H,3,8-9,18-19H2,1H3. The molecule has 6 rings (SSSR count). The number of carbonyl (C=O) groups excluding carboxylic acids is 2. The normalized spacial score (nSPS) is 15.3. The zero-order valence-corrected chi connectivity index (χ0v) is 20.6. The first-order valence-electron chi connectivity index (χ1n) is 12.6. The van der Waals surface area contributed by atoms with Crippen molar-refractivity contribution in [1.82, 2.24) is 9.55 Å². The van der Waals surface area contributed by atoms with Crippen LogP contribution in [-0.4, -0.2) is 34.5 Å². The highest BCUT2D eigenvalue weighted by atomic mass is 16.2. The summed E-state index contributed by atoms with van der Waals surface area (Å²) in [6.07, 6.45) is 2.99. The van der Waals surface area contributed by atoms with Gasteiger partial charge in [-0.15, -0.1) is 0 Å². The van der Waals surface area contributed by atoms with E-state index < -0.39 is 17.4 Å². The molecule has 1 fully saturated rings. The van der Waals surface area contributed by atoms with E-state index in [4.69, 9.17) is 4.98 Å². The predicted octanol–water partition coefficient (Wildman–Crippen LogP) is 5.00. The molecule has 7 nitrogen and oxygen atoms in total. The fourth-order valence-electron chi connectivity index (χ4n) is 5.13. The third kappa shape index (κ3) is 3.83. The van der Waals surface area contributed by atoms with Crippen LogP contribution >= 0.6 is 0 Å². The number of hydrogen-bond acceptors (Lipinski definition) is 5. The Kier molecular flexibility index (Phi) is 5.68. The van der Waals surface area contributed by atoms with Gasteiger partial charge < -0.3 is 4.90 Å². The highest BCUT2D eigenvalue weighted by molar-refractivity contribution is 6.35. The summed E-state index contributed by atoms with van der Waals surface area (Å²) in [6, 6.07) is 23.8. The van der Waals surface area contributed by atoms with E-state index in [1.54, 1.807) is 24.3 Å². The number of rotatable bonds is 4. The van der Waals surface area contributed by atoms with Gasteiger partial charge in [0.15, 0.2) is 11.5 Å². The summed E-state index contributed by atoms with van der Waals surface area (Å²) in [5.74, 6) is -0.154. The lowest BCUT2D eigenvalue weighted by Crippen LogP contribution is -2.41. The number of nitrogens with zero attached hydrogens (tertiary/aromatic N) is 4. The molecule has 2 aliphatic heterocycles. The highest BCUT2D eigenvalue weighted by Gasteiger charge is 2.41. The number of aryl methyl sites for hydroxylation is 1. The number of anilines is 2. The van der Waals surface area contributed by atoms with Crippen LogP contribution in [0.3, 0.4) is 0 Å². The largest absolute Gasteiger partial charge is 0.355 e. The van der Waals surface area contributed by atoms with Crippen LogP contribution in [0.1, 0.15) is 45.5 Å². The maximum Gasteiger partial charge on any atom is 0.285 e. The van der Waals surface area contributed by atoms with Crippen LogP contribution in [0.25, 0.3) is 17.1 Å². The van der Waals surface area contributed by atoms with E-state index >= 15 is 0 Å². The van der Waals surface area contributed by atoms with Crippen molar-refractivity contribution < 1.29 is 9.59 Å². The number of carbonyl (C=O) groups is 2. The van der Waals surface area contributed by atoms with Crippen LogP contribution < -0.4 is 15.4 Å². The molecule has 0 bridgehead atoms. The van der Waals surface area contributed by atoms with E-state index in [9.17, 15) is 14.4 Å². The second-order valence-corrected chi connectivity index (χ2v) is 9.49. The number of aromatic nitrogens is 2. The summed E-state index contributed by atoms with van der Waals surface area (Å²) in [5.41, 5.74) is 2.59. The quantitative estimate of drug-likeness (QED) is 0.377. The molecule has 0 N–H and O–H groups in total. The zero-order valence-electron chi connectivity index (χ0n) is 20.6. The fraction of sp³-hybridized carbons (Fsp3) is 0.200. The molecule has 4 aromatic rings. The predicted molar refractivity (Wildman–Crippen MR) is 144 cm³/mol. The van der Waals surface area contributed by atoms with Crippen molar-refractivity contribution >= 4 is 23.3 Å². The topological polar surface area (TPSA) is 75.5 Å². The number of benzene rings is 3. The molecule has 7 heteroatoms. The van der Waals surface area contributed by atoms with Gasteiger partial charge in [0, 0.05) is 18.7 Å². The van der Waals surface area contributed by atoms with Crippen LogP contribution in [0.5, 0.6) is 0 Å². The Morgan fingerprint density at radius 1 is 0.703 bits per heavy atom. The van der Waals surface area contributed by atoms with Crippen LogP contribution in [-0.2, 0) is 0 Å². The number of imide groups is 1. The van der Waals surface area contributed by atoms with E-state index in [2.05, 4.69) is 0 Å². The lowest BCUT2D eigenvalue weighted by atomic mass is 10.1. The Morgan fingerprint density at radius 2 is 1.30 bits per heavy atom. The van der Waals surface area contributed by atoms with Crippen molar-refractivity contribution in [2.24, 2.45) is 0 Å². The number of amides is 2. The highest BCUT2D eigenvalue weighted by Crippen LogP contribution is 2.35. The Hall–Kier alpha value is -4.52. The van der Waals surface area contributed by atoms with Crippen molar-refractivity contribution in [3.05, 3.63) is 106 Å². The minimum absolute atomic E-state index is 0.00774. The van der Waals surface area contributed by atoms with Crippen molar-refractivity contribution in [3.63, 3.8) is 0 Å². The molecule has 184 valence electrons. The molecule has 0 saturated carbocycles. The van der Waals surface area contributed by atoms with Gasteiger partial charge in [0.1, 0.15) is 5.82 Å². The average molecular weight is 491 g/mol. The minimum atomic E-state index is -0.499. The molecule has 0 aliphatic carbocycles. The molecule has 3 heterocycles. The van der Waals surface area contributed by atoms with Gasteiger partial charge in [0.25, 0.3) is 17.4 Å². The molecule has 1 aromatic heterocycles. The Morgan fingerprint density at radius 3 is 1.92 bits per heavy atom. The summed E-state index contributed by atoms with van der Waals surface area (Å²) in [5, 5.41) is 0.